The Morgan fingerprint density at radius 2 is 1.88 bits per heavy atom. The average Bonchev–Trinajstić information content (AvgIpc) is 2.69. The van der Waals surface area contributed by atoms with Crippen molar-refractivity contribution in [3.05, 3.63) is 45.8 Å². The summed E-state index contributed by atoms with van der Waals surface area (Å²) >= 11 is 11.7. The van der Waals surface area contributed by atoms with E-state index in [-0.39, 0.29) is 21.5 Å². The van der Waals surface area contributed by atoms with Gasteiger partial charge in [0.15, 0.2) is 6.61 Å². The maximum absolute atomic E-state index is 14.3. The van der Waals surface area contributed by atoms with Crippen LogP contribution >= 0.6 is 23.2 Å². The van der Waals surface area contributed by atoms with Crippen LogP contribution in [-0.4, -0.2) is 44.0 Å². The Bertz CT molecular complexity index is 1120. The molecule has 176 valence electrons. The van der Waals surface area contributed by atoms with Gasteiger partial charge >= 0.3 is 12.3 Å². The summed E-state index contributed by atoms with van der Waals surface area (Å²) in [6.45, 7) is -0.401. The number of ether oxygens (including phenoxy) is 2. The lowest BCUT2D eigenvalue weighted by molar-refractivity contribution is -0.148. The van der Waals surface area contributed by atoms with Gasteiger partial charge in [-0.15, -0.1) is 0 Å². The van der Waals surface area contributed by atoms with Crippen LogP contribution in [0.4, 0.5) is 22.0 Å². The third kappa shape index (κ3) is 6.56. The van der Waals surface area contributed by atoms with Gasteiger partial charge in [-0.05, 0) is 13.0 Å². The lowest BCUT2D eigenvalue weighted by Crippen LogP contribution is -2.33. The largest absolute Gasteiger partial charge is 0.470 e. The zero-order valence-corrected chi connectivity index (χ0v) is 18.2. The van der Waals surface area contributed by atoms with Crippen LogP contribution in [0.2, 0.25) is 10.0 Å². The number of sulfonamides is 1. The number of nitrogens with one attached hydrogen (secondary N) is 1. The Kier molecular flexibility index (Phi) is 8.12. The topological polar surface area (TPSA) is 94.6 Å². The Morgan fingerprint density at radius 3 is 2.44 bits per heavy atom. The number of nitrogens with zero attached hydrogens (tertiary/aromatic N) is 1. The Morgan fingerprint density at radius 1 is 1.22 bits per heavy atom. The second-order valence-electron chi connectivity index (χ2n) is 6.01. The fourth-order valence-electron chi connectivity index (χ4n) is 1.97. The molecule has 0 saturated heterocycles. The maximum atomic E-state index is 14.3. The minimum atomic E-state index is -4.42. The second kappa shape index (κ2) is 10.0. The predicted molar refractivity (Wildman–Crippen MR) is 104 cm³/mol. The highest BCUT2D eigenvalue weighted by Crippen LogP contribution is 2.35. The summed E-state index contributed by atoms with van der Waals surface area (Å²) in [6, 6.07) is 2.52. The van der Waals surface area contributed by atoms with Crippen molar-refractivity contribution in [3.8, 4) is 17.4 Å². The first-order valence-electron chi connectivity index (χ1n) is 8.41. The average molecular weight is 523 g/mol. The molecule has 2 rings (SSSR count). The molecule has 15 heteroatoms. The predicted octanol–water partition coefficient (Wildman–Crippen LogP) is 4.68. The minimum Gasteiger partial charge on any atom is -0.470 e. The number of halogens is 7. The molecule has 0 atom stereocenters. The van der Waals surface area contributed by atoms with Crippen molar-refractivity contribution in [1.82, 2.24) is 9.71 Å². The van der Waals surface area contributed by atoms with Crippen molar-refractivity contribution in [1.29, 1.82) is 0 Å². The minimum absolute atomic E-state index is 0.171. The van der Waals surface area contributed by atoms with E-state index in [1.54, 1.807) is 4.72 Å². The summed E-state index contributed by atoms with van der Waals surface area (Å²) in [5.41, 5.74) is -0.667. The molecule has 0 spiro atoms. The van der Waals surface area contributed by atoms with E-state index >= 15 is 0 Å². The highest BCUT2D eigenvalue weighted by molar-refractivity contribution is 7.90. The van der Waals surface area contributed by atoms with Gasteiger partial charge in [-0.3, -0.25) is 4.79 Å². The SMILES string of the molecule is CCS(=O)(=O)NC(=O)c1cc(Cl)c(Oc2cnc(OCC(F)(F)C(F)F)c(Cl)c2)cc1F. The molecule has 0 radical (unpaired) electrons. The first-order valence-corrected chi connectivity index (χ1v) is 10.8. The van der Waals surface area contributed by atoms with E-state index in [1.165, 1.54) is 6.92 Å². The monoisotopic (exact) mass is 522 g/mol. The van der Waals surface area contributed by atoms with E-state index in [2.05, 4.69) is 9.72 Å². The fraction of sp³-hybridized carbons (Fsp3) is 0.294. The number of rotatable bonds is 9. The van der Waals surface area contributed by atoms with Crippen molar-refractivity contribution in [2.24, 2.45) is 0 Å². The molecular weight excluding hydrogens is 510 g/mol. The quantitative estimate of drug-likeness (QED) is 0.480. The number of pyridine rings is 1. The lowest BCUT2D eigenvalue weighted by atomic mass is 10.2. The van der Waals surface area contributed by atoms with E-state index < -0.39 is 57.9 Å². The van der Waals surface area contributed by atoms with E-state index in [1.807, 2.05) is 0 Å². The molecule has 1 amide bonds. The first kappa shape index (κ1) is 25.9. The molecule has 0 aliphatic carbocycles. The number of amides is 1. The highest BCUT2D eigenvalue weighted by atomic mass is 35.5. The summed E-state index contributed by atoms with van der Waals surface area (Å²) < 4.78 is 98.8. The van der Waals surface area contributed by atoms with Crippen molar-refractivity contribution in [2.45, 2.75) is 19.3 Å². The molecule has 1 aromatic carbocycles. The van der Waals surface area contributed by atoms with Crippen LogP contribution in [0.1, 0.15) is 17.3 Å². The summed E-state index contributed by atoms with van der Waals surface area (Å²) in [5, 5.41) is -0.677. The molecular formula is C17H13Cl2F5N2O5S. The molecule has 2 aromatic rings. The van der Waals surface area contributed by atoms with Crippen LogP contribution in [0, 0.1) is 5.82 Å². The fourth-order valence-corrected chi connectivity index (χ4v) is 2.92. The molecule has 0 fully saturated rings. The Balaban J connectivity index is 2.18. The van der Waals surface area contributed by atoms with Crippen LogP contribution in [0.3, 0.4) is 0 Å². The molecule has 0 bridgehead atoms. The number of hydrogen-bond acceptors (Lipinski definition) is 6. The van der Waals surface area contributed by atoms with Gasteiger partial charge < -0.3 is 9.47 Å². The molecule has 32 heavy (non-hydrogen) atoms. The number of hydrogen-bond donors (Lipinski definition) is 1. The number of carbonyl (C=O) groups is 1. The summed E-state index contributed by atoms with van der Waals surface area (Å²) in [5.74, 6) is -8.32. The standard InChI is InChI=1S/C17H13Cl2F5N2O5S/c1-2-32(28,29)26-14(27)9-4-10(18)13(5-12(9)20)31-8-3-11(19)15(25-6-8)30-7-17(23,24)16(21)22/h3-6,16H,2,7H2,1H3,(H,26,27). The van der Waals surface area contributed by atoms with Crippen LogP contribution in [0.15, 0.2) is 24.4 Å². The van der Waals surface area contributed by atoms with Gasteiger partial charge in [0, 0.05) is 12.1 Å². The third-order valence-corrected chi connectivity index (χ3v) is 5.45. The molecule has 1 aromatic heterocycles. The first-order chi connectivity index (χ1) is 14.8. The molecule has 0 saturated carbocycles. The number of carbonyl (C=O) groups excluding carboxylic acids is 1. The Labute approximate surface area is 188 Å². The normalized spacial score (nSPS) is 12.0. The van der Waals surface area contributed by atoms with Gasteiger partial charge in [0.25, 0.3) is 5.91 Å². The third-order valence-electron chi connectivity index (χ3n) is 3.63. The number of alkyl halides is 4. The Hall–Kier alpha value is -2.38. The van der Waals surface area contributed by atoms with Crippen molar-refractivity contribution in [3.63, 3.8) is 0 Å². The highest BCUT2D eigenvalue weighted by Gasteiger charge is 2.42. The van der Waals surface area contributed by atoms with Crippen LogP contribution in [0.5, 0.6) is 17.4 Å². The summed E-state index contributed by atoms with van der Waals surface area (Å²) in [6.07, 6.45) is -3.04. The van der Waals surface area contributed by atoms with E-state index in [0.717, 1.165) is 18.3 Å². The second-order valence-corrected chi connectivity index (χ2v) is 8.83. The molecule has 0 aliphatic rings. The van der Waals surface area contributed by atoms with E-state index in [4.69, 9.17) is 27.9 Å². The van der Waals surface area contributed by atoms with Crippen LogP contribution in [0.25, 0.3) is 0 Å². The maximum Gasteiger partial charge on any atom is 0.340 e. The van der Waals surface area contributed by atoms with Crippen molar-refractivity contribution >= 4 is 39.1 Å². The molecule has 0 aliphatic heterocycles. The van der Waals surface area contributed by atoms with Crippen LogP contribution in [-0.2, 0) is 10.0 Å². The van der Waals surface area contributed by atoms with Gasteiger partial charge in [-0.1, -0.05) is 23.2 Å². The zero-order chi connectivity index (χ0) is 24.3. The zero-order valence-electron chi connectivity index (χ0n) is 15.8. The van der Waals surface area contributed by atoms with Gasteiger partial charge in [-0.2, -0.15) is 8.78 Å². The summed E-state index contributed by atoms with van der Waals surface area (Å²) in [4.78, 5) is 15.5. The molecule has 0 unspecified atom stereocenters. The smallest absolute Gasteiger partial charge is 0.340 e. The number of aromatic nitrogens is 1. The molecule has 1 heterocycles. The van der Waals surface area contributed by atoms with Crippen LogP contribution < -0.4 is 14.2 Å². The molecule has 1 N–H and O–H groups in total. The van der Waals surface area contributed by atoms with Gasteiger partial charge in [0.2, 0.25) is 15.9 Å². The van der Waals surface area contributed by atoms with E-state index in [9.17, 15) is 35.2 Å². The van der Waals surface area contributed by atoms with Crippen molar-refractivity contribution < 1.29 is 44.6 Å². The summed E-state index contributed by atoms with van der Waals surface area (Å²) in [7, 11) is -3.95. The van der Waals surface area contributed by atoms with Gasteiger partial charge in [-0.25, -0.2) is 31.3 Å². The molecule has 7 nitrogen and oxygen atoms in total. The number of benzene rings is 1. The lowest BCUT2D eigenvalue weighted by Gasteiger charge is -2.16. The van der Waals surface area contributed by atoms with Gasteiger partial charge in [0.1, 0.15) is 22.3 Å². The van der Waals surface area contributed by atoms with Gasteiger partial charge in [0.05, 0.1) is 22.5 Å². The van der Waals surface area contributed by atoms with Crippen molar-refractivity contribution in [2.75, 3.05) is 12.4 Å². The van der Waals surface area contributed by atoms with E-state index in [0.29, 0.717) is 6.07 Å².